The summed E-state index contributed by atoms with van der Waals surface area (Å²) in [7, 11) is 0. The van der Waals surface area contributed by atoms with Gasteiger partial charge in [-0.2, -0.15) is 0 Å². The van der Waals surface area contributed by atoms with E-state index in [1.807, 2.05) is 24.3 Å². The number of carbonyl (C=O) groups is 2. The van der Waals surface area contributed by atoms with Crippen molar-refractivity contribution in [2.45, 2.75) is 0 Å². The average molecular weight is 401 g/mol. The first kappa shape index (κ1) is 18.4. The molecule has 0 unspecified atom stereocenters. The van der Waals surface area contributed by atoms with Crippen LogP contribution in [-0.4, -0.2) is 38.0 Å². The molecular formula is C24H20FN3O2. The molecule has 2 heterocycles. The zero-order valence-electron chi connectivity index (χ0n) is 16.3. The van der Waals surface area contributed by atoms with Crippen LogP contribution in [0.3, 0.4) is 0 Å². The lowest BCUT2D eigenvalue weighted by Crippen LogP contribution is -2.46. The Labute approximate surface area is 173 Å². The van der Waals surface area contributed by atoms with E-state index in [9.17, 15) is 14.0 Å². The van der Waals surface area contributed by atoms with Gasteiger partial charge < -0.3 is 9.80 Å². The number of piperazine rings is 1. The third-order valence-electron chi connectivity index (χ3n) is 5.74. The zero-order valence-corrected chi connectivity index (χ0v) is 16.3. The number of carbonyl (C=O) groups excluding carboxylic acids is 2. The molecule has 2 aliphatic rings. The van der Waals surface area contributed by atoms with Gasteiger partial charge in [0.1, 0.15) is 5.82 Å². The van der Waals surface area contributed by atoms with E-state index >= 15 is 0 Å². The van der Waals surface area contributed by atoms with Gasteiger partial charge in [-0.05, 0) is 48.5 Å². The summed E-state index contributed by atoms with van der Waals surface area (Å²) in [6.07, 6.45) is 0. The molecule has 0 atom stereocenters. The molecule has 3 aromatic rings. The molecule has 2 aliphatic heterocycles. The second-order valence-corrected chi connectivity index (χ2v) is 7.43. The Balaban J connectivity index is 1.29. The van der Waals surface area contributed by atoms with E-state index in [0.717, 1.165) is 31.9 Å². The first-order valence-electron chi connectivity index (χ1n) is 9.96. The number of para-hydroxylation sites is 1. The monoisotopic (exact) mass is 401 g/mol. The highest BCUT2D eigenvalue weighted by Crippen LogP contribution is 2.30. The average Bonchev–Trinajstić information content (AvgIpc) is 3.05. The molecule has 2 amide bonds. The summed E-state index contributed by atoms with van der Waals surface area (Å²) in [5.41, 5.74) is 3.10. The van der Waals surface area contributed by atoms with Gasteiger partial charge in [-0.25, -0.2) is 9.29 Å². The van der Waals surface area contributed by atoms with Crippen molar-refractivity contribution in [2.24, 2.45) is 0 Å². The SMILES string of the molecule is O=C1c2ccccc2C(=O)N1c1ccc(N2CCN(c3ccccc3F)CC2)cc1. The zero-order chi connectivity index (χ0) is 20.7. The quantitative estimate of drug-likeness (QED) is 0.624. The molecule has 30 heavy (non-hydrogen) atoms. The second-order valence-electron chi connectivity index (χ2n) is 7.43. The first-order valence-corrected chi connectivity index (χ1v) is 9.96. The standard InChI is InChI=1S/C24H20FN3O2/c25-21-7-3-4-8-22(21)27-15-13-26(14-16-27)17-9-11-18(12-10-17)28-23(29)19-5-1-2-6-20(19)24(28)30/h1-12H,13-16H2. The third-order valence-corrected chi connectivity index (χ3v) is 5.74. The van der Waals surface area contributed by atoms with E-state index in [1.54, 1.807) is 42.5 Å². The predicted octanol–water partition coefficient (Wildman–Crippen LogP) is 3.95. The number of hydrogen-bond donors (Lipinski definition) is 0. The number of hydrogen-bond acceptors (Lipinski definition) is 4. The molecule has 3 aromatic carbocycles. The number of nitrogens with zero attached hydrogens (tertiary/aromatic N) is 3. The molecule has 1 saturated heterocycles. The van der Waals surface area contributed by atoms with E-state index in [2.05, 4.69) is 9.80 Å². The Kier molecular flexibility index (Phi) is 4.47. The van der Waals surface area contributed by atoms with Gasteiger partial charge in [0.15, 0.2) is 0 Å². The summed E-state index contributed by atoms with van der Waals surface area (Å²) in [5, 5.41) is 0. The number of anilines is 3. The van der Waals surface area contributed by atoms with E-state index in [1.165, 1.54) is 11.0 Å². The predicted molar refractivity (Wildman–Crippen MR) is 115 cm³/mol. The van der Waals surface area contributed by atoms with Gasteiger partial charge in [-0.3, -0.25) is 9.59 Å². The molecule has 1 fully saturated rings. The minimum Gasteiger partial charge on any atom is -0.368 e. The van der Waals surface area contributed by atoms with Crippen LogP contribution in [0.5, 0.6) is 0 Å². The van der Waals surface area contributed by atoms with Crippen molar-refractivity contribution in [3.05, 3.63) is 89.7 Å². The third kappa shape index (κ3) is 3.01. The largest absolute Gasteiger partial charge is 0.368 e. The minimum atomic E-state index is -0.290. The van der Waals surface area contributed by atoms with E-state index < -0.39 is 0 Å². The van der Waals surface area contributed by atoms with Crippen molar-refractivity contribution in [2.75, 3.05) is 40.9 Å². The lowest BCUT2D eigenvalue weighted by atomic mass is 10.1. The van der Waals surface area contributed by atoms with Gasteiger partial charge in [0.2, 0.25) is 0 Å². The number of fused-ring (bicyclic) bond motifs is 1. The van der Waals surface area contributed by atoms with Crippen LogP contribution >= 0.6 is 0 Å². The molecule has 0 radical (unpaired) electrons. The molecule has 0 bridgehead atoms. The van der Waals surface area contributed by atoms with Crippen LogP contribution in [0.2, 0.25) is 0 Å². The molecular weight excluding hydrogens is 381 g/mol. The molecule has 5 rings (SSSR count). The summed E-state index contributed by atoms with van der Waals surface area (Å²) >= 11 is 0. The number of benzene rings is 3. The fourth-order valence-corrected chi connectivity index (χ4v) is 4.15. The molecule has 0 aromatic heterocycles. The molecule has 5 nitrogen and oxygen atoms in total. The van der Waals surface area contributed by atoms with E-state index in [0.29, 0.717) is 22.5 Å². The van der Waals surface area contributed by atoms with Crippen molar-refractivity contribution in [3.63, 3.8) is 0 Å². The Bertz CT molecular complexity index is 1090. The molecule has 0 aliphatic carbocycles. The Hall–Kier alpha value is -3.67. The fraction of sp³-hybridized carbons (Fsp3) is 0.167. The maximum Gasteiger partial charge on any atom is 0.266 e. The Morgan fingerprint density at radius 3 is 1.70 bits per heavy atom. The topological polar surface area (TPSA) is 43.9 Å². The van der Waals surface area contributed by atoms with Crippen LogP contribution in [0.25, 0.3) is 0 Å². The number of imide groups is 1. The first-order chi connectivity index (χ1) is 14.6. The normalized spacial score (nSPS) is 16.2. The molecule has 0 N–H and O–H groups in total. The summed E-state index contributed by atoms with van der Waals surface area (Å²) in [4.78, 5) is 30.8. The van der Waals surface area contributed by atoms with Crippen LogP contribution in [0, 0.1) is 5.82 Å². The lowest BCUT2D eigenvalue weighted by molar-refractivity contribution is 0.0926. The number of amides is 2. The Morgan fingerprint density at radius 1 is 0.600 bits per heavy atom. The van der Waals surface area contributed by atoms with Gasteiger partial charge in [-0.15, -0.1) is 0 Å². The highest BCUT2D eigenvalue weighted by Gasteiger charge is 2.36. The van der Waals surface area contributed by atoms with Crippen molar-refractivity contribution < 1.29 is 14.0 Å². The summed E-state index contributed by atoms with van der Waals surface area (Å²) in [6, 6.07) is 21.2. The summed E-state index contributed by atoms with van der Waals surface area (Å²) in [6.45, 7) is 2.98. The van der Waals surface area contributed by atoms with Crippen molar-refractivity contribution >= 4 is 28.9 Å². The molecule has 150 valence electrons. The smallest absolute Gasteiger partial charge is 0.266 e. The van der Waals surface area contributed by atoms with Gasteiger partial charge in [0, 0.05) is 31.9 Å². The van der Waals surface area contributed by atoms with Crippen LogP contribution in [0.1, 0.15) is 20.7 Å². The van der Waals surface area contributed by atoms with Crippen LogP contribution in [-0.2, 0) is 0 Å². The van der Waals surface area contributed by atoms with E-state index in [4.69, 9.17) is 0 Å². The number of halogens is 1. The minimum absolute atomic E-state index is 0.198. The lowest BCUT2D eigenvalue weighted by Gasteiger charge is -2.37. The second kappa shape index (κ2) is 7.30. The molecule has 0 spiro atoms. The van der Waals surface area contributed by atoms with Crippen molar-refractivity contribution in [1.82, 2.24) is 0 Å². The maximum atomic E-state index is 14.0. The maximum absolute atomic E-state index is 14.0. The van der Waals surface area contributed by atoms with Gasteiger partial charge >= 0.3 is 0 Å². The molecule has 0 saturated carbocycles. The number of rotatable bonds is 3. The van der Waals surface area contributed by atoms with Crippen LogP contribution < -0.4 is 14.7 Å². The van der Waals surface area contributed by atoms with Crippen LogP contribution in [0.4, 0.5) is 21.5 Å². The van der Waals surface area contributed by atoms with E-state index in [-0.39, 0.29) is 17.6 Å². The Morgan fingerprint density at radius 2 is 1.10 bits per heavy atom. The fourth-order valence-electron chi connectivity index (χ4n) is 4.15. The van der Waals surface area contributed by atoms with Crippen LogP contribution in [0.15, 0.2) is 72.8 Å². The van der Waals surface area contributed by atoms with Gasteiger partial charge in [-0.1, -0.05) is 24.3 Å². The summed E-state index contributed by atoms with van der Waals surface area (Å²) < 4.78 is 14.0. The van der Waals surface area contributed by atoms with Crippen molar-refractivity contribution in [1.29, 1.82) is 0 Å². The highest BCUT2D eigenvalue weighted by molar-refractivity contribution is 6.34. The van der Waals surface area contributed by atoms with Crippen molar-refractivity contribution in [3.8, 4) is 0 Å². The highest BCUT2D eigenvalue weighted by atomic mass is 19.1. The van der Waals surface area contributed by atoms with Gasteiger partial charge in [0.25, 0.3) is 11.8 Å². The van der Waals surface area contributed by atoms with Gasteiger partial charge in [0.05, 0.1) is 22.5 Å². The summed E-state index contributed by atoms with van der Waals surface area (Å²) in [5.74, 6) is -0.778. The molecule has 6 heteroatoms.